The quantitative estimate of drug-likeness (QED) is 0.526. The SMILES string of the molecule is O=C(NCCOCCO)c1cc2cc(F)c(O)c(F)c2oc1=O. The number of aromatic hydroxyl groups is 1. The van der Waals surface area contributed by atoms with E-state index in [4.69, 9.17) is 14.9 Å². The molecule has 1 aromatic heterocycles. The van der Waals surface area contributed by atoms with Crippen molar-refractivity contribution in [2.24, 2.45) is 0 Å². The molecule has 0 fully saturated rings. The molecular formula is C14H13F2NO6. The maximum absolute atomic E-state index is 13.6. The topological polar surface area (TPSA) is 109 Å². The molecule has 9 heteroatoms. The van der Waals surface area contributed by atoms with E-state index < -0.39 is 40.1 Å². The number of phenolic OH excluding ortho intramolecular Hbond substituents is 1. The monoisotopic (exact) mass is 329 g/mol. The number of rotatable bonds is 6. The molecule has 2 aromatic rings. The van der Waals surface area contributed by atoms with Crippen LogP contribution in [0.1, 0.15) is 10.4 Å². The number of ether oxygens (including phenoxy) is 1. The highest BCUT2D eigenvalue weighted by molar-refractivity contribution is 5.96. The smallest absolute Gasteiger partial charge is 0.349 e. The Bertz CT molecular complexity index is 789. The highest BCUT2D eigenvalue weighted by atomic mass is 19.1. The molecule has 23 heavy (non-hydrogen) atoms. The van der Waals surface area contributed by atoms with Crippen molar-refractivity contribution in [2.75, 3.05) is 26.4 Å². The zero-order chi connectivity index (χ0) is 17.0. The van der Waals surface area contributed by atoms with Crippen LogP contribution in [0.3, 0.4) is 0 Å². The Hall–Kier alpha value is -2.52. The molecule has 0 saturated carbocycles. The number of phenols is 1. The van der Waals surface area contributed by atoms with E-state index in [1.807, 2.05) is 0 Å². The second kappa shape index (κ2) is 7.16. The molecule has 0 aliphatic rings. The molecule has 1 aromatic carbocycles. The molecule has 0 spiro atoms. The van der Waals surface area contributed by atoms with Gasteiger partial charge in [-0.2, -0.15) is 4.39 Å². The summed E-state index contributed by atoms with van der Waals surface area (Å²) in [4.78, 5) is 23.6. The maximum Gasteiger partial charge on any atom is 0.349 e. The number of carbonyl (C=O) groups is 1. The number of carbonyl (C=O) groups excluding carboxylic acids is 1. The molecule has 0 atom stereocenters. The Morgan fingerprint density at radius 1 is 1.30 bits per heavy atom. The van der Waals surface area contributed by atoms with Crippen LogP contribution in [0.25, 0.3) is 11.0 Å². The van der Waals surface area contributed by atoms with Gasteiger partial charge in [-0.05, 0) is 12.1 Å². The molecule has 2 rings (SSSR count). The molecule has 124 valence electrons. The van der Waals surface area contributed by atoms with Gasteiger partial charge in [0.2, 0.25) is 5.82 Å². The van der Waals surface area contributed by atoms with E-state index >= 15 is 0 Å². The number of aliphatic hydroxyl groups excluding tert-OH is 1. The van der Waals surface area contributed by atoms with Gasteiger partial charge in [-0.25, -0.2) is 9.18 Å². The van der Waals surface area contributed by atoms with Gasteiger partial charge in [-0.15, -0.1) is 0 Å². The molecule has 0 bridgehead atoms. The van der Waals surface area contributed by atoms with Gasteiger partial charge in [0.25, 0.3) is 5.91 Å². The minimum Gasteiger partial charge on any atom is -0.503 e. The molecule has 7 nitrogen and oxygen atoms in total. The molecule has 0 aliphatic heterocycles. The third-order valence-corrected chi connectivity index (χ3v) is 2.90. The minimum atomic E-state index is -1.42. The van der Waals surface area contributed by atoms with Gasteiger partial charge < -0.3 is 24.7 Å². The van der Waals surface area contributed by atoms with Gasteiger partial charge in [0.1, 0.15) is 5.56 Å². The second-order valence-corrected chi connectivity index (χ2v) is 4.48. The fourth-order valence-corrected chi connectivity index (χ4v) is 1.84. The summed E-state index contributed by atoms with van der Waals surface area (Å²) in [6.45, 7) is 0.124. The van der Waals surface area contributed by atoms with Crippen LogP contribution in [0, 0.1) is 11.6 Å². The molecule has 3 N–H and O–H groups in total. The highest BCUT2D eigenvalue weighted by Crippen LogP contribution is 2.28. The Morgan fingerprint density at radius 3 is 2.74 bits per heavy atom. The van der Waals surface area contributed by atoms with E-state index in [1.54, 1.807) is 0 Å². The first-order valence-electron chi connectivity index (χ1n) is 6.57. The number of hydrogen-bond donors (Lipinski definition) is 3. The van der Waals surface area contributed by atoms with Crippen LogP contribution in [0.15, 0.2) is 21.3 Å². The summed E-state index contributed by atoms with van der Waals surface area (Å²) >= 11 is 0. The van der Waals surface area contributed by atoms with E-state index in [-0.39, 0.29) is 31.8 Å². The van der Waals surface area contributed by atoms with Crippen molar-refractivity contribution in [1.82, 2.24) is 5.32 Å². The summed E-state index contributed by atoms with van der Waals surface area (Å²) in [5, 5.41) is 19.8. The fraction of sp³-hybridized carbons (Fsp3) is 0.286. The van der Waals surface area contributed by atoms with Crippen molar-refractivity contribution in [3.05, 3.63) is 39.8 Å². The van der Waals surface area contributed by atoms with Gasteiger partial charge >= 0.3 is 5.63 Å². The number of fused-ring (bicyclic) bond motifs is 1. The lowest BCUT2D eigenvalue weighted by Crippen LogP contribution is -2.31. The zero-order valence-corrected chi connectivity index (χ0v) is 11.8. The average Bonchev–Trinajstić information content (AvgIpc) is 2.53. The van der Waals surface area contributed by atoms with E-state index in [1.165, 1.54) is 0 Å². The Balaban J connectivity index is 2.24. The van der Waals surface area contributed by atoms with Crippen molar-refractivity contribution in [2.45, 2.75) is 0 Å². The van der Waals surface area contributed by atoms with E-state index in [0.29, 0.717) is 0 Å². The van der Waals surface area contributed by atoms with Crippen LogP contribution in [-0.4, -0.2) is 42.5 Å². The third kappa shape index (κ3) is 3.63. The number of benzene rings is 1. The number of hydrogen-bond acceptors (Lipinski definition) is 6. The molecule has 0 unspecified atom stereocenters. The molecular weight excluding hydrogens is 316 g/mol. The summed E-state index contributed by atoms with van der Waals surface area (Å²) in [7, 11) is 0. The van der Waals surface area contributed by atoms with Crippen molar-refractivity contribution in [3.63, 3.8) is 0 Å². The van der Waals surface area contributed by atoms with Crippen molar-refractivity contribution >= 4 is 16.9 Å². The minimum absolute atomic E-state index is 0.0641. The Morgan fingerprint density at radius 2 is 2.04 bits per heavy atom. The summed E-state index contributed by atoms with van der Waals surface area (Å²) < 4.78 is 36.5. The molecule has 0 saturated heterocycles. The van der Waals surface area contributed by atoms with Crippen LogP contribution in [0.4, 0.5) is 8.78 Å². The van der Waals surface area contributed by atoms with Gasteiger partial charge in [0.15, 0.2) is 17.1 Å². The zero-order valence-electron chi connectivity index (χ0n) is 11.8. The number of amides is 1. The maximum atomic E-state index is 13.6. The highest BCUT2D eigenvalue weighted by Gasteiger charge is 2.19. The van der Waals surface area contributed by atoms with E-state index in [9.17, 15) is 18.4 Å². The first-order valence-corrected chi connectivity index (χ1v) is 6.57. The van der Waals surface area contributed by atoms with Gasteiger partial charge in [-0.3, -0.25) is 4.79 Å². The first-order chi connectivity index (χ1) is 11.0. The number of halogens is 2. The number of nitrogens with one attached hydrogen (secondary N) is 1. The molecule has 0 radical (unpaired) electrons. The van der Waals surface area contributed by atoms with Crippen LogP contribution >= 0.6 is 0 Å². The standard InChI is InChI=1S/C14H13F2NO6/c15-9-6-7-5-8(13(20)17-1-3-22-4-2-18)14(21)23-12(7)10(16)11(9)19/h5-6,18-19H,1-4H2,(H,17,20). The van der Waals surface area contributed by atoms with Crippen LogP contribution in [-0.2, 0) is 4.74 Å². The van der Waals surface area contributed by atoms with Gasteiger partial charge in [0, 0.05) is 11.9 Å². The third-order valence-electron chi connectivity index (χ3n) is 2.90. The molecule has 1 amide bonds. The number of aliphatic hydroxyl groups is 1. The normalized spacial score (nSPS) is 10.9. The first kappa shape index (κ1) is 16.8. The lowest BCUT2D eigenvalue weighted by molar-refractivity contribution is 0.0836. The fourth-order valence-electron chi connectivity index (χ4n) is 1.84. The lowest BCUT2D eigenvalue weighted by atomic mass is 10.1. The van der Waals surface area contributed by atoms with Crippen LogP contribution in [0.2, 0.25) is 0 Å². The van der Waals surface area contributed by atoms with Crippen molar-refractivity contribution in [1.29, 1.82) is 0 Å². The van der Waals surface area contributed by atoms with Gasteiger partial charge in [-0.1, -0.05) is 0 Å². The second-order valence-electron chi connectivity index (χ2n) is 4.48. The summed E-state index contributed by atoms with van der Waals surface area (Å²) in [6.07, 6.45) is 0. The lowest BCUT2D eigenvalue weighted by Gasteiger charge is -2.06. The van der Waals surface area contributed by atoms with Crippen molar-refractivity contribution in [3.8, 4) is 5.75 Å². The van der Waals surface area contributed by atoms with E-state index in [0.717, 1.165) is 12.1 Å². The summed E-state index contributed by atoms with van der Waals surface area (Å²) in [6, 6.07) is 1.72. The van der Waals surface area contributed by atoms with E-state index in [2.05, 4.69) is 9.73 Å². The van der Waals surface area contributed by atoms with Crippen LogP contribution in [0.5, 0.6) is 5.75 Å². The van der Waals surface area contributed by atoms with Crippen molar-refractivity contribution < 1.29 is 32.9 Å². The van der Waals surface area contributed by atoms with Gasteiger partial charge in [0.05, 0.1) is 19.8 Å². The predicted molar refractivity (Wildman–Crippen MR) is 74.3 cm³/mol. The largest absolute Gasteiger partial charge is 0.503 e. The summed E-state index contributed by atoms with van der Waals surface area (Å²) in [5.41, 5.74) is -2.21. The Kier molecular flexibility index (Phi) is 5.24. The summed E-state index contributed by atoms with van der Waals surface area (Å²) in [5.74, 6) is -4.73. The average molecular weight is 329 g/mol. The predicted octanol–water partition coefficient (Wildman–Crippen LogP) is 0.515. The van der Waals surface area contributed by atoms with Crippen LogP contribution < -0.4 is 10.9 Å². The molecule has 1 heterocycles. The molecule has 0 aliphatic carbocycles. The Labute approximate surface area is 128 Å².